The lowest BCUT2D eigenvalue weighted by molar-refractivity contribution is 0.0954. The van der Waals surface area contributed by atoms with E-state index in [0.29, 0.717) is 52.4 Å². The van der Waals surface area contributed by atoms with Crippen LogP contribution in [0.4, 0.5) is 0 Å². The molecule has 0 atom stereocenters. The van der Waals surface area contributed by atoms with Crippen molar-refractivity contribution in [2.45, 2.75) is 13.5 Å². The number of hydrogen-bond donors (Lipinski definition) is 1. The molecule has 1 N–H and O–H groups in total. The molecule has 0 bridgehead atoms. The number of ether oxygens (including phenoxy) is 4. The fourth-order valence-corrected chi connectivity index (χ4v) is 3.24. The van der Waals surface area contributed by atoms with Gasteiger partial charge in [0.15, 0.2) is 11.5 Å². The van der Waals surface area contributed by atoms with Crippen molar-refractivity contribution < 1.29 is 23.7 Å². The molecule has 0 aromatic heterocycles. The number of amides is 1. The quantitative estimate of drug-likeness (QED) is 0.331. The van der Waals surface area contributed by atoms with Crippen LogP contribution in [0.5, 0.6) is 23.0 Å². The first-order valence-corrected chi connectivity index (χ1v) is 10.6. The van der Waals surface area contributed by atoms with Crippen LogP contribution in [0.15, 0.2) is 65.8 Å². The van der Waals surface area contributed by atoms with E-state index in [2.05, 4.69) is 10.5 Å². The summed E-state index contributed by atoms with van der Waals surface area (Å²) in [7, 11) is 3.03. The van der Waals surface area contributed by atoms with Crippen molar-refractivity contribution in [1.29, 1.82) is 0 Å². The average Bonchev–Trinajstić information content (AvgIpc) is 2.84. The van der Waals surface area contributed by atoms with Crippen LogP contribution in [0.2, 0.25) is 5.02 Å². The van der Waals surface area contributed by atoms with E-state index in [-0.39, 0.29) is 0 Å². The Morgan fingerprint density at radius 2 is 1.70 bits per heavy atom. The summed E-state index contributed by atoms with van der Waals surface area (Å²) in [6, 6.07) is 18.1. The van der Waals surface area contributed by atoms with Crippen LogP contribution >= 0.6 is 11.6 Å². The SMILES string of the molecule is CCOc1cc(/C=N\NC(=O)c2cc(OC)cc(OC)c2)cc(Cl)c1OCc1ccccc1. The van der Waals surface area contributed by atoms with Crippen LogP contribution in [0, 0.1) is 0 Å². The Morgan fingerprint density at radius 1 is 1.00 bits per heavy atom. The van der Waals surface area contributed by atoms with Gasteiger partial charge in [-0.05, 0) is 42.3 Å². The third-order valence-corrected chi connectivity index (χ3v) is 4.83. The van der Waals surface area contributed by atoms with Gasteiger partial charge in [-0.25, -0.2) is 5.43 Å². The number of carbonyl (C=O) groups excluding carboxylic acids is 1. The van der Waals surface area contributed by atoms with Gasteiger partial charge in [-0.3, -0.25) is 4.79 Å². The highest BCUT2D eigenvalue weighted by Gasteiger charge is 2.13. The van der Waals surface area contributed by atoms with Gasteiger partial charge in [-0.2, -0.15) is 5.10 Å². The second-order valence-corrected chi connectivity index (χ2v) is 7.24. The summed E-state index contributed by atoms with van der Waals surface area (Å²) in [4.78, 5) is 12.5. The van der Waals surface area contributed by atoms with Crippen LogP contribution in [0.25, 0.3) is 0 Å². The average molecular weight is 469 g/mol. The maximum absolute atomic E-state index is 12.5. The third kappa shape index (κ3) is 6.63. The lowest BCUT2D eigenvalue weighted by atomic mass is 10.2. The first kappa shape index (κ1) is 23.9. The summed E-state index contributed by atoms with van der Waals surface area (Å²) in [5.74, 6) is 1.53. The smallest absolute Gasteiger partial charge is 0.271 e. The zero-order chi connectivity index (χ0) is 23.6. The number of benzene rings is 3. The van der Waals surface area contributed by atoms with Crippen LogP contribution < -0.4 is 24.4 Å². The van der Waals surface area contributed by atoms with E-state index in [0.717, 1.165) is 5.56 Å². The Labute approximate surface area is 197 Å². The molecule has 0 unspecified atom stereocenters. The van der Waals surface area contributed by atoms with E-state index >= 15 is 0 Å². The molecule has 8 heteroatoms. The maximum atomic E-state index is 12.5. The predicted molar refractivity (Wildman–Crippen MR) is 128 cm³/mol. The molecule has 172 valence electrons. The first-order valence-electron chi connectivity index (χ1n) is 10.2. The number of rotatable bonds is 10. The fourth-order valence-electron chi connectivity index (χ4n) is 2.96. The highest BCUT2D eigenvalue weighted by molar-refractivity contribution is 6.32. The molecular formula is C25H25ClN2O5. The van der Waals surface area contributed by atoms with Gasteiger partial charge in [0.25, 0.3) is 5.91 Å². The fraction of sp³-hybridized carbons (Fsp3) is 0.200. The zero-order valence-electron chi connectivity index (χ0n) is 18.6. The first-order chi connectivity index (χ1) is 16.0. The van der Waals surface area contributed by atoms with E-state index < -0.39 is 5.91 Å². The largest absolute Gasteiger partial charge is 0.497 e. The number of halogens is 1. The van der Waals surface area contributed by atoms with Crippen molar-refractivity contribution >= 4 is 23.7 Å². The van der Waals surface area contributed by atoms with Crippen molar-refractivity contribution in [2.24, 2.45) is 5.10 Å². The van der Waals surface area contributed by atoms with Gasteiger partial charge in [-0.15, -0.1) is 0 Å². The van der Waals surface area contributed by atoms with Gasteiger partial charge in [0, 0.05) is 11.6 Å². The summed E-state index contributed by atoms with van der Waals surface area (Å²) in [5.41, 5.74) is 4.49. The highest BCUT2D eigenvalue weighted by atomic mass is 35.5. The second-order valence-electron chi connectivity index (χ2n) is 6.84. The van der Waals surface area contributed by atoms with E-state index in [9.17, 15) is 4.79 Å². The van der Waals surface area contributed by atoms with Crippen LogP contribution in [-0.2, 0) is 6.61 Å². The Morgan fingerprint density at radius 3 is 2.33 bits per heavy atom. The van der Waals surface area contributed by atoms with Gasteiger partial charge < -0.3 is 18.9 Å². The normalized spacial score (nSPS) is 10.7. The molecule has 33 heavy (non-hydrogen) atoms. The molecule has 1 amide bonds. The number of carbonyl (C=O) groups is 1. The Hall–Kier alpha value is -3.71. The molecule has 3 rings (SSSR count). The Kier molecular flexibility index (Phi) is 8.55. The minimum Gasteiger partial charge on any atom is -0.497 e. The highest BCUT2D eigenvalue weighted by Crippen LogP contribution is 2.37. The summed E-state index contributed by atoms with van der Waals surface area (Å²) < 4.78 is 22.0. The third-order valence-electron chi connectivity index (χ3n) is 4.55. The van der Waals surface area contributed by atoms with Crippen molar-refractivity contribution in [1.82, 2.24) is 5.43 Å². The molecule has 0 aliphatic heterocycles. The standard InChI is InChI=1S/C25H25ClN2O5/c1-4-32-23-11-18(10-22(26)24(23)33-16-17-8-6-5-7-9-17)15-27-28-25(29)19-12-20(30-2)14-21(13-19)31-3/h5-15H,4,16H2,1-3H3,(H,28,29)/b27-15-. The van der Waals surface area contributed by atoms with E-state index in [4.69, 9.17) is 30.5 Å². The molecule has 7 nitrogen and oxygen atoms in total. The molecule has 0 saturated carbocycles. The second kappa shape index (κ2) is 11.8. The summed E-state index contributed by atoms with van der Waals surface area (Å²) in [6.07, 6.45) is 1.48. The van der Waals surface area contributed by atoms with Gasteiger partial charge in [0.05, 0.1) is 32.1 Å². The minimum absolute atomic E-state index is 0.348. The predicted octanol–water partition coefficient (Wildman–Crippen LogP) is 5.10. The van der Waals surface area contributed by atoms with Crippen molar-refractivity contribution in [2.75, 3.05) is 20.8 Å². The monoisotopic (exact) mass is 468 g/mol. The molecular weight excluding hydrogens is 444 g/mol. The molecule has 3 aromatic carbocycles. The van der Waals surface area contributed by atoms with Gasteiger partial charge in [-0.1, -0.05) is 41.9 Å². The van der Waals surface area contributed by atoms with E-state index in [1.165, 1.54) is 20.4 Å². The summed E-state index contributed by atoms with van der Waals surface area (Å²) in [6.45, 7) is 2.67. The Balaban J connectivity index is 1.73. The number of hydrazone groups is 1. The number of hydrogen-bond acceptors (Lipinski definition) is 6. The van der Waals surface area contributed by atoms with Crippen molar-refractivity contribution in [3.05, 3.63) is 82.4 Å². The number of methoxy groups -OCH3 is 2. The number of nitrogens with one attached hydrogen (secondary N) is 1. The van der Waals surface area contributed by atoms with Crippen molar-refractivity contribution in [3.63, 3.8) is 0 Å². The van der Waals surface area contributed by atoms with Crippen LogP contribution in [0.1, 0.15) is 28.4 Å². The molecule has 0 fully saturated rings. The summed E-state index contributed by atoms with van der Waals surface area (Å²) >= 11 is 6.46. The topological polar surface area (TPSA) is 78.4 Å². The summed E-state index contributed by atoms with van der Waals surface area (Å²) in [5, 5.41) is 4.41. The lowest BCUT2D eigenvalue weighted by Crippen LogP contribution is -2.17. The lowest BCUT2D eigenvalue weighted by Gasteiger charge is -2.14. The van der Waals surface area contributed by atoms with E-state index in [1.54, 1.807) is 30.3 Å². The molecule has 0 saturated heterocycles. The van der Waals surface area contributed by atoms with Crippen molar-refractivity contribution in [3.8, 4) is 23.0 Å². The number of nitrogens with zero attached hydrogens (tertiary/aromatic N) is 1. The van der Waals surface area contributed by atoms with E-state index in [1.807, 2.05) is 37.3 Å². The Bertz CT molecular complexity index is 1100. The maximum Gasteiger partial charge on any atom is 0.271 e. The molecule has 0 spiro atoms. The molecule has 3 aromatic rings. The van der Waals surface area contributed by atoms with Gasteiger partial charge in [0.1, 0.15) is 18.1 Å². The molecule has 0 aliphatic carbocycles. The molecule has 0 radical (unpaired) electrons. The van der Waals surface area contributed by atoms with Gasteiger partial charge in [0.2, 0.25) is 0 Å². The van der Waals surface area contributed by atoms with Crippen LogP contribution in [-0.4, -0.2) is 32.9 Å². The molecule has 0 aliphatic rings. The minimum atomic E-state index is -0.414. The van der Waals surface area contributed by atoms with Gasteiger partial charge >= 0.3 is 0 Å². The molecule has 0 heterocycles. The zero-order valence-corrected chi connectivity index (χ0v) is 19.4. The van der Waals surface area contributed by atoms with Crippen LogP contribution in [0.3, 0.4) is 0 Å².